The number of nitrogens with one attached hydrogen (secondary N) is 1. The second kappa shape index (κ2) is 5.42. The molecule has 0 aliphatic heterocycles. The van der Waals surface area contributed by atoms with Crippen molar-refractivity contribution >= 4 is 44.6 Å². The largest absolute Gasteiger partial charge is 0.396 e. The van der Waals surface area contributed by atoms with E-state index in [0.717, 1.165) is 4.88 Å². The Morgan fingerprint density at radius 1 is 1.29 bits per heavy atom. The summed E-state index contributed by atoms with van der Waals surface area (Å²) < 4.78 is 0. The van der Waals surface area contributed by atoms with Crippen LogP contribution in [0.3, 0.4) is 0 Å². The highest BCUT2D eigenvalue weighted by Crippen LogP contribution is 2.30. The highest BCUT2D eigenvalue weighted by Gasteiger charge is 2.17. The summed E-state index contributed by atoms with van der Waals surface area (Å²) in [5, 5.41) is 2.90. The second-order valence-corrected chi connectivity index (χ2v) is 7.03. The van der Waals surface area contributed by atoms with Crippen LogP contribution < -0.4 is 11.1 Å². The Bertz CT molecular complexity index is 802. The fourth-order valence-corrected chi connectivity index (χ4v) is 3.93. The van der Waals surface area contributed by atoms with Crippen molar-refractivity contribution in [2.24, 2.45) is 0 Å². The number of aryl methyl sites for hydroxylation is 2. The van der Waals surface area contributed by atoms with Gasteiger partial charge in [-0.3, -0.25) is 4.79 Å². The number of carbonyl (C=O) groups is 1. The monoisotopic (exact) mass is 318 g/mol. The number of nitrogen functional groups attached to an aromatic ring is 1. The zero-order valence-electron chi connectivity index (χ0n) is 11.6. The number of anilines is 1. The van der Waals surface area contributed by atoms with Gasteiger partial charge < -0.3 is 11.1 Å². The van der Waals surface area contributed by atoms with E-state index in [9.17, 15) is 4.79 Å². The Hall–Kier alpha value is -1.99. The third kappa shape index (κ3) is 2.62. The minimum Gasteiger partial charge on any atom is -0.396 e. The first-order chi connectivity index (χ1) is 10.1. The van der Waals surface area contributed by atoms with E-state index in [2.05, 4.69) is 35.2 Å². The molecule has 3 aromatic heterocycles. The smallest absolute Gasteiger partial charge is 0.263 e. The summed E-state index contributed by atoms with van der Waals surface area (Å²) in [4.78, 5) is 24.2. The average molecular weight is 318 g/mol. The summed E-state index contributed by atoms with van der Waals surface area (Å²) in [6.45, 7) is 4.65. The Kier molecular flexibility index (Phi) is 3.60. The molecule has 7 heteroatoms. The van der Waals surface area contributed by atoms with E-state index in [1.165, 1.54) is 21.8 Å². The summed E-state index contributed by atoms with van der Waals surface area (Å²) in [6, 6.07) is 2.09. The second-order valence-electron chi connectivity index (χ2n) is 4.69. The van der Waals surface area contributed by atoms with Crippen molar-refractivity contribution in [1.29, 1.82) is 0 Å². The normalized spacial score (nSPS) is 11.0. The molecular weight excluding hydrogens is 304 g/mol. The molecule has 0 radical (unpaired) electrons. The molecule has 0 fully saturated rings. The van der Waals surface area contributed by atoms with E-state index in [1.54, 1.807) is 23.7 Å². The number of thiophene rings is 2. The third-order valence-corrected chi connectivity index (χ3v) is 5.46. The van der Waals surface area contributed by atoms with Gasteiger partial charge in [0.05, 0.1) is 12.2 Å². The summed E-state index contributed by atoms with van der Waals surface area (Å²) in [6.07, 6.45) is 3.17. The summed E-state index contributed by atoms with van der Waals surface area (Å²) >= 11 is 2.96. The standard InChI is InChI=1S/C14H14N4OS2/c1-7-5-9(20-8(7)2)6-18-13(19)12-10(15)11-14(21-12)17-4-3-16-11/h3-5H,6,15H2,1-2H3,(H,18,19). The van der Waals surface area contributed by atoms with Crippen molar-refractivity contribution in [2.45, 2.75) is 20.4 Å². The van der Waals surface area contributed by atoms with Crippen molar-refractivity contribution < 1.29 is 4.79 Å². The molecule has 3 aromatic rings. The molecule has 0 aromatic carbocycles. The lowest BCUT2D eigenvalue weighted by Gasteiger charge is -2.02. The van der Waals surface area contributed by atoms with Crippen molar-refractivity contribution in [1.82, 2.24) is 15.3 Å². The van der Waals surface area contributed by atoms with E-state index in [-0.39, 0.29) is 5.91 Å². The van der Waals surface area contributed by atoms with Gasteiger partial charge in [0.25, 0.3) is 5.91 Å². The van der Waals surface area contributed by atoms with Crippen LogP contribution in [0.5, 0.6) is 0 Å². The number of nitrogens with zero attached hydrogens (tertiary/aromatic N) is 2. The van der Waals surface area contributed by atoms with E-state index in [4.69, 9.17) is 5.73 Å². The zero-order valence-corrected chi connectivity index (χ0v) is 13.3. The highest BCUT2D eigenvalue weighted by molar-refractivity contribution is 7.21. The molecule has 0 atom stereocenters. The van der Waals surface area contributed by atoms with E-state index in [0.29, 0.717) is 27.5 Å². The molecule has 3 rings (SSSR count). The minimum absolute atomic E-state index is 0.180. The Morgan fingerprint density at radius 2 is 2.05 bits per heavy atom. The van der Waals surface area contributed by atoms with Gasteiger partial charge in [-0.2, -0.15) is 0 Å². The van der Waals surface area contributed by atoms with Crippen LogP contribution in [-0.2, 0) is 6.54 Å². The summed E-state index contributed by atoms with van der Waals surface area (Å²) in [7, 11) is 0. The highest BCUT2D eigenvalue weighted by atomic mass is 32.1. The maximum Gasteiger partial charge on any atom is 0.263 e. The molecule has 3 N–H and O–H groups in total. The van der Waals surface area contributed by atoms with Gasteiger partial charge in [-0.1, -0.05) is 0 Å². The Labute approximate surface area is 129 Å². The third-order valence-electron chi connectivity index (χ3n) is 3.21. The molecule has 0 spiro atoms. The van der Waals surface area contributed by atoms with Crippen molar-refractivity contribution in [3.63, 3.8) is 0 Å². The van der Waals surface area contributed by atoms with Crippen LogP contribution in [0.4, 0.5) is 5.69 Å². The lowest BCUT2D eigenvalue weighted by atomic mass is 10.3. The quantitative estimate of drug-likeness (QED) is 0.778. The fraction of sp³-hybridized carbons (Fsp3) is 0.214. The van der Waals surface area contributed by atoms with Gasteiger partial charge in [0.2, 0.25) is 0 Å². The fourth-order valence-electron chi connectivity index (χ4n) is 2.00. The number of hydrogen-bond acceptors (Lipinski definition) is 6. The molecule has 0 bridgehead atoms. The molecular formula is C14H14N4OS2. The van der Waals surface area contributed by atoms with Crippen LogP contribution in [0.25, 0.3) is 10.3 Å². The van der Waals surface area contributed by atoms with Crippen LogP contribution in [0.15, 0.2) is 18.5 Å². The van der Waals surface area contributed by atoms with E-state index < -0.39 is 0 Å². The molecule has 108 valence electrons. The first kappa shape index (κ1) is 14.0. The molecule has 0 saturated heterocycles. The van der Waals surface area contributed by atoms with Gasteiger partial charge in [-0.25, -0.2) is 9.97 Å². The molecule has 1 amide bonds. The SMILES string of the molecule is Cc1cc(CNC(=O)c2sc3nccnc3c2N)sc1C. The van der Waals surface area contributed by atoms with Gasteiger partial charge in [0, 0.05) is 22.1 Å². The van der Waals surface area contributed by atoms with Crippen LogP contribution in [-0.4, -0.2) is 15.9 Å². The molecule has 21 heavy (non-hydrogen) atoms. The number of hydrogen-bond donors (Lipinski definition) is 2. The zero-order chi connectivity index (χ0) is 15.0. The number of aromatic nitrogens is 2. The van der Waals surface area contributed by atoms with Crippen LogP contribution >= 0.6 is 22.7 Å². The predicted octanol–water partition coefficient (Wildman–Crippen LogP) is 2.88. The lowest BCUT2D eigenvalue weighted by molar-refractivity contribution is 0.0956. The van der Waals surface area contributed by atoms with Gasteiger partial charge in [-0.15, -0.1) is 22.7 Å². The molecule has 0 saturated carbocycles. The van der Waals surface area contributed by atoms with Crippen molar-refractivity contribution in [2.75, 3.05) is 5.73 Å². The Balaban J connectivity index is 1.79. The number of fused-ring (bicyclic) bond motifs is 1. The first-order valence-corrected chi connectivity index (χ1v) is 8.02. The Morgan fingerprint density at radius 3 is 2.71 bits per heavy atom. The van der Waals surface area contributed by atoms with E-state index in [1.807, 2.05) is 0 Å². The number of amides is 1. The van der Waals surface area contributed by atoms with Gasteiger partial charge in [0.1, 0.15) is 15.2 Å². The molecule has 5 nitrogen and oxygen atoms in total. The van der Waals surface area contributed by atoms with E-state index >= 15 is 0 Å². The predicted molar refractivity (Wildman–Crippen MR) is 86.8 cm³/mol. The van der Waals surface area contributed by atoms with Crippen molar-refractivity contribution in [3.8, 4) is 0 Å². The number of nitrogens with two attached hydrogens (primary N) is 1. The van der Waals surface area contributed by atoms with Crippen LogP contribution in [0, 0.1) is 13.8 Å². The van der Waals surface area contributed by atoms with Gasteiger partial charge in [0.15, 0.2) is 0 Å². The average Bonchev–Trinajstić information content (AvgIpc) is 2.98. The lowest BCUT2D eigenvalue weighted by Crippen LogP contribution is -2.22. The molecule has 0 aliphatic carbocycles. The maximum absolute atomic E-state index is 12.3. The molecule has 0 unspecified atom stereocenters. The summed E-state index contributed by atoms with van der Waals surface area (Å²) in [5.41, 5.74) is 8.23. The maximum atomic E-state index is 12.3. The summed E-state index contributed by atoms with van der Waals surface area (Å²) in [5.74, 6) is -0.180. The molecule has 3 heterocycles. The van der Waals surface area contributed by atoms with Crippen LogP contribution in [0.2, 0.25) is 0 Å². The number of rotatable bonds is 3. The topological polar surface area (TPSA) is 80.9 Å². The minimum atomic E-state index is -0.180. The molecule has 0 aliphatic rings. The number of carbonyl (C=O) groups excluding carboxylic acids is 1. The van der Waals surface area contributed by atoms with Gasteiger partial charge >= 0.3 is 0 Å². The van der Waals surface area contributed by atoms with Crippen molar-refractivity contribution in [3.05, 3.63) is 38.7 Å². The van der Waals surface area contributed by atoms with Crippen LogP contribution in [0.1, 0.15) is 25.0 Å². The first-order valence-electron chi connectivity index (χ1n) is 6.39. The van der Waals surface area contributed by atoms with Gasteiger partial charge in [-0.05, 0) is 25.5 Å².